The van der Waals surface area contributed by atoms with Gasteiger partial charge in [-0.25, -0.2) is 13.2 Å². The lowest BCUT2D eigenvalue weighted by molar-refractivity contribution is -0.0258. The van der Waals surface area contributed by atoms with Crippen LogP contribution < -0.4 is 0 Å². The number of rotatable bonds is 7. The van der Waals surface area contributed by atoms with Crippen LogP contribution in [0, 0.1) is 0 Å². The van der Waals surface area contributed by atoms with Gasteiger partial charge in [-0.1, -0.05) is 28.7 Å². The van der Waals surface area contributed by atoms with Crippen molar-refractivity contribution in [1.29, 1.82) is 0 Å². The number of aromatic nitrogens is 2. The second-order valence-corrected chi connectivity index (χ2v) is 7.50. The molecule has 0 N–H and O–H groups in total. The fraction of sp³-hybridized carbons (Fsp3) is 0.167. The Bertz CT molecular complexity index is 1070. The summed E-state index contributed by atoms with van der Waals surface area (Å²) in [5.41, 5.74) is 0.807. The molecule has 2 aromatic carbocycles. The van der Waals surface area contributed by atoms with Gasteiger partial charge in [-0.3, -0.25) is 4.84 Å². The van der Waals surface area contributed by atoms with Gasteiger partial charge in [-0.05, 0) is 30.3 Å². The smallest absolute Gasteiger partial charge is 0.338 e. The van der Waals surface area contributed by atoms with Crippen LogP contribution in [0.3, 0.4) is 0 Å². The summed E-state index contributed by atoms with van der Waals surface area (Å²) in [6, 6.07) is 14.6. The Balaban J connectivity index is 1.69. The molecule has 10 heteroatoms. The third-order valence-electron chi connectivity index (χ3n) is 3.78. The van der Waals surface area contributed by atoms with E-state index < -0.39 is 16.0 Å². The van der Waals surface area contributed by atoms with E-state index in [9.17, 15) is 13.2 Å². The number of carbonyl (C=O) groups excluding carboxylic acids is 1. The number of sulfonamides is 1. The molecule has 1 heterocycles. The van der Waals surface area contributed by atoms with Gasteiger partial charge in [0.05, 0.1) is 17.6 Å². The number of hydrogen-bond acceptors (Lipinski definition) is 8. The van der Waals surface area contributed by atoms with E-state index in [1.807, 2.05) is 30.3 Å². The van der Waals surface area contributed by atoms with E-state index in [-0.39, 0.29) is 23.0 Å². The molecule has 0 aliphatic carbocycles. The lowest BCUT2D eigenvalue weighted by Gasteiger charge is -2.14. The average molecular weight is 403 g/mol. The van der Waals surface area contributed by atoms with Crippen molar-refractivity contribution in [2.24, 2.45) is 0 Å². The quantitative estimate of drug-likeness (QED) is 0.436. The lowest BCUT2D eigenvalue weighted by Crippen LogP contribution is -2.25. The second kappa shape index (κ2) is 8.30. The van der Waals surface area contributed by atoms with Crippen LogP contribution in [-0.4, -0.2) is 43.2 Å². The third kappa shape index (κ3) is 4.25. The van der Waals surface area contributed by atoms with Crippen LogP contribution in [0.15, 0.2) is 63.9 Å². The number of hydroxylamine groups is 1. The van der Waals surface area contributed by atoms with Gasteiger partial charge in [0.25, 0.3) is 15.9 Å². The Morgan fingerprint density at radius 2 is 1.86 bits per heavy atom. The summed E-state index contributed by atoms with van der Waals surface area (Å²) in [6.45, 7) is -0.242. The molecule has 9 nitrogen and oxygen atoms in total. The molecule has 3 rings (SSSR count). The number of nitrogens with zero attached hydrogens (tertiary/aromatic N) is 3. The standard InChI is InChI=1S/C18H17N3O6S/c1-21(25-2)28(23,24)15-10-6-9-14(11-15)18(22)26-12-16-19-20-17(27-16)13-7-4-3-5-8-13/h3-11H,12H2,1-2H3. The van der Waals surface area contributed by atoms with Crippen molar-refractivity contribution >= 4 is 16.0 Å². The first-order chi connectivity index (χ1) is 13.4. The Morgan fingerprint density at radius 3 is 2.57 bits per heavy atom. The topological polar surface area (TPSA) is 112 Å². The SMILES string of the molecule is CON(C)S(=O)(=O)c1cccc(C(=O)OCc2nnc(-c3ccccc3)o2)c1. The van der Waals surface area contributed by atoms with Crippen LogP contribution in [0.5, 0.6) is 0 Å². The van der Waals surface area contributed by atoms with Crippen molar-refractivity contribution in [3.05, 3.63) is 66.1 Å². The minimum Gasteiger partial charge on any atom is -0.452 e. The molecule has 0 saturated heterocycles. The van der Waals surface area contributed by atoms with Gasteiger partial charge in [0.2, 0.25) is 5.89 Å². The summed E-state index contributed by atoms with van der Waals surface area (Å²) >= 11 is 0. The van der Waals surface area contributed by atoms with Gasteiger partial charge in [-0.2, -0.15) is 0 Å². The normalized spacial score (nSPS) is 11.5. The van der Waals surface area contributed by atoms with Gasteiger partial charge in [0.15, 0.2) is 6.61 Å². The Labute approximate surface area is 161 Å². The van der Waals surface area contributed by atoms with E-state index in [1.165, 1.54) is 38.4 Å². The predicted molar refractivity (Wildman–Crippen MR) is 97.3 cm³/mol. The molecule has 0 aliphatic heterocycles. The van der Waals surface area contributed by atoms with Crippen molar-refractivity contribution in [3.8, 4) is 11.5 Å². The van der Waals surface area contributed by atoms with Crippen LogP contribution in [0.4, 0.5) is 0 Å². The molecule has 0 fully saturated rings. The molecule has 0 bridgehead atoms. The second-order valence-electron chi connectivity index (χ2n) is 5.57. The highest BCUT2D eigenvalue weighted by molar-refractivity contribution is 7.89. The Morgan fingerprint density at radius 1 is 1.11 bits per heavy atom. The molecule has 146 valence electrons. The van der Waals surface area contributed by atoms with E-state index >= 15 is 0 Å². The van der Waals surface area contributed by atoms with Crippen LogP contribution in [-0.2, 0) is 26.2 Å². The molecule has 0 amide bonds. The molecule has 28 heavy (non-hydrogen) atoms. The van der Waals surface area contributed by atoms with Crippen molar-refractivity contribution < 1.29 is 27.2 Å². The predicted octanol–water partition coefficient (Wildman–Crippen LogP) is 2.28. The van der Waals surface area contributed by atoms with E-state index in [0.717, 1.165) is 5.56 Å². The highest BCUT2D eigenvalue weighted by Gasteiger charge is 2.22. The van der Waals surface area contributed by atoms with Gasteiger partial charge in [0.1, 0.15) is 0 Å². The molecule has 0 unspecified atom stereocenters. The number of hydrogen-bond donors (Lipinski definition) is 0. The average Bonchev–Trinajstić information content (AvgIpc) is 3.21. The maximum Gasteiger partial charge on any atom is 0.338 e. The monoisotopic (exact) mass is 403 g/mol. The Hall–Kier alpha value is -3.08. The molecule has 0 radical (unpaired) electrons. The molecule has 0 atom stereocenters. The molecular weight excluding hydrogens is 386 g/mol. The van der Waals surface area contributed by atoms with Crippen LogP contribution >= 0.6 is 0 Å². The number of esters is 1. The maximum atomic E-state index is 12.3. The zero-order valence-electron chi connectivity index (χ0n) is 15.1. The first kappa shape index (κ1) is 19.7. The van der Waals surface area contributed by atoms with Crippen LogP contribution in [0.25, 0.3) is 11.5 Å². The first-order valence-corrected chi connectivity index (χ1v) is 9.54. The summed E-state index contributed by atoms with van der Waals surface area (Å²) in [6.07, 6.45) is 0. The third-order valence-corrected chi connectivity index (χ3v) is 5.45. The molecule has 0 spiro atoms. The molecule has 0 saturated carbocycles. The van der Waals surface area contributed by atoms with Crippen molar-refractivity contribution in [2.75, 3.05) is 14.2 Å². The maximum absolute atomic E-state index is 12.3. The fourth-order valence-corrected chi connectivity index (χ4v) is 3.27. The van der Waals surface area contributed by atoms with Crippen LogP contribution in [0.2, 0.25) is 0 Å². The molecule has 1 aromatic heterocycles. The fourth-order valence-electron chi connectivity index (χ4n) is 2.25. The van der Waals surface area contributed by atoms with E-state index in [2.05, 4.69) is 10.2 Å². The zero-order chi connectivity index (χ0) is 20.1. The van der Waals surface area contributed by atoms with Gasteiger partial charge in [0, 0.05) is 12.6 Å². The van der Waals surface area contributed by atoms with E-state index in [4.69, 9.17) is 14.0 Å². The highest BCUT2D eigenvalue weighted by atomic mass is 32.2. The molecule has 3 aromatic rings. The summed E-state index contributed by atoms with van der Waals surface area (Å²) < 4.78 is 35.8. The highest BCUT2D eigenvalue weighted by Crippen LogP contribution is 2.19. The Kier molecular flexibility index (Phi) is 5.83. The largest absolute Gasteiger partial charge is 0.452 e. The first-order valence-electron chi connectivity index (χ1n) is 8.10. The van der Waals surface area contributed by atoms with Gasteiger partial charge in [-0.15, -0.1) is 10.2 Å². The lowest BCUT2D eigenvalue weighted by atomic mass is 10.2. The van der Waals surface area contributed by atoms with Crippen molar-refractivity contribution in [2.45, 2.75) is 11.5 Å². The number of benzene rings is 2. The van der Waals surface area contributed by atoms with E-state index in [0.29, 0.717) is 10.4 Å². The number of ether oxygens (including phenoxy) is 1. The van der Waals surface area contributed by atoms with Crippen molar-refractivity contribution in [1.82, 2.24) is 14.7 Å². The minimum atomic E-state index is -3.88. The molecular formula is C18H17N3O6S. The minimum absolute atomic E-state index is 0.0633. The number of carbonyl (C=O) groups is 1. The van der Waals surface area contributed by atoms with Crippen LogP contribution in [0.1, 0.15) is 16.2 Å². The van der Waals surface area contributed by atoms with Gasteiger partial charge >= 0.3 is 5.97 Å². The zero-order valence-corrected chi connectivity index (χ0v) is 15.9. The summed E-state index contributed by atoms with van der Waals surface area (Å²) in [5.74, 6) is -0.297. The van der Waals surface area contributed by atoms with Gasteiger partial charge < -0.3 is 9.15 Å². The summed E-state index contributed by atoms with van der Waals surface area (Å²) in [7, 11) is -1.40. The molecule has 0 aliphatic rings. The van der Waals surface area contributed by atoms with E-state index in [1.54, 1.807) is 0 Å². The van der Waals surface area contributed by atoms with Crippen molar-refractivity contribution in [3.63, 3.8) is 0 Å². The summed E-state index contributed by atoms with van der Waals surface area (Å²) in [5, 5.41) is 7.74. The summed E-state index contributed by atoms with van der Waals surface area (Å²) in [4.78, 5) is 16.9.